The minimum atomic E-state index is 0.724. The van der Waals surface area contributed by atoms with E-state index in [1.54, 1.807) is 0 Å². The summed E-state index contributed by atoms with van der Waals surface area (Å²) in [6.45, 7) is 6.46. The Hall–Kier alpha value is -1.64. The van der Waals surface area contributed by atoms with E-state index in [1.165, 1.54) is 24.0 Å². The molecule has 118 valence electrons. The van der Waals surface area contributed by atoms with Crippen molar-refractivity contribution in [2.24, 2.45) is 5.92 Å². The van der Waals surface area contributed by atoms with Crippen molar-refractivity contribution in [1.82, 2.24) is 10.6 Å². The highest BCUT2D eigenvalue weighted by Crippen LogP contribution is 2.05. The molecule has 2 heteroatoms. The Balaban J connectivity index is 1.48. The van der Waals surface area contributed by atoms with Crippen LogP contribution in [-0.4, -0.2) is 13.1 Å². The first-order valence-electron chi connectivity index (χ1n) is 8.34. The maximum Gasteiger partial charge on any atom is 0.0205 e. The van der Waals surface area contributed by atoms with Gasteiger partial charge in [0.2, 0.25) is 0 Å². The van der Waals surface area contributed by atoms with Crippen molar-refractivity contribution in [3.05, 3.63) is 71.8 Å². The monoisotopic (exact) mass is 296 g/mol. The fourth-order valence-corrected chi connectivity index (χ4v) is 2.56. The predicted molar refractivity (Wildman–Crippen MR) is 94.7 cm³/mol. The van der Waals surface area contributed by atoms with Crippen LogP contribution in [0.3, 0.4) is 0 Å². The molecule has 0 aliphatic carbocycles. The minimum Gasteiger partial charge on any atom is -0.313 e. The van der Waals surface area contributed by atoms with Crippen LogP contribution in [0, 0.1) is 5.92 Å². The van der Waals surface area contributed by atoms with E-state index in [0.29, 0.717) is 0 Å². The summed E-state index contributed by atoms with van der Waals surface area (Å²) in [5, 5.41) is 7.07. The highest BCUT2D eigenvalue weighted by atomic mass is 14.9. The molecule has 2 N–H and O–H groups in total. The van der Waals surface area contributed by atoms with E-state index < -0.39 is 0 Å². The SMILES string of the molecule is CC(CCCNCc1ccccc1)CNCc1ccccc1. The molecule has 1 unspecified atom stereocenters. The highest BCUT2D eigenvalue weighted by molar-refractivity contribution is 5.14. The Bertz CT molecular complexity index is 496. The van der Waals surface area contributed by atoms with Crippen molar-refractivity contribution in [2.45, 2.75) is 32.9 Å². The molecule has 0 spiro atoms. The molecule has 2 aromatic carbocycles. The quantitative estimate of drug-likeness (QED) is 0.648. The Morgan fingerprint density at radius 3 is 1.91 bits per heavy atom. The zero-order valence-corrected chi connectivity index (χ0v) is 13.6. The normalized spacial score (nSPS) is 12.2. The van der Waals surface area contributed by atoms with Gasteiger partial charge in [0.1, 0.15) is 0 Å². The molecule has 0 fully saturated rings. The van der Waals surface area contributed by atoms with Gasteiger partial charge in [0, 0.05) is 13.1 Å². The van der Waals surface area contributed by atoms with Gasteiger partial charge in [0.15, 0.2) is 0 Å². The lowest BCUT2D eigenvalue weighted by molar-refractivity contribution is 0.457. The van der Waals surface area contributed by atoms with Gasteiger partial charge in [-0.15, -0.1) is 0 Å². The average Bonchev–Trinajstić information content (AvgIpc) is 2.56. The van der Waals surface area contributed by atoms with Crippen molar-refractivity contribution < 1.29 is 0 Å². The van der Waals surface area contributed by atoms with E-state index in [9.17, 15) is 0 Å². The van der Waals surface area contributed by atoms with Gasteiger partial charge in [-0.2, -0.15) is 0 Å². The summed E-state index contributed by atoms with van der Waals surface area (Å²) in [7, 11) is 0. The summed E-state index contributed by atoms with van der Waals surface area (Å²) >= 11 is 0. The first-order valence-corrected chi connectivity index (χ1v) is 8.34. The predicted octanol–water partition coefficient (Wildman–Crippen LogP) is 3.98. The third kappa shape index (κ3) is 6.88. The standard InChI is InChI=1S/C20H28N2/c1-18(15-22-17-20-12-6-3-7-13-20)9-8-14-21-16-19-10-4-2-5-11-19/h2-7,10-13,18,21-22H,8-9,14-17H2,1H3. The van der Waals surface area contributed by atoms with E-state index in [4.69, 9.17) is 0 Å². The second-order valence-electron chi connectivity index (χ2n) is 6.03. The van der Waals surface area contributed by atoms with Crippen molar-refractivity contribution in [2.75, 3.05) is 13.1 Å². The Morgan fingerprint density at radius 1 is 0.773 bits per heavy atom. The molecule has 0 radical (unpaired) electrons. The number of benzene rings is 2. The van der Waals surface area contributed by atoms with Gasteiger partial charge in [0.25, 0.3) is 0 Å². The number of hydrogen-bond acceptors (Lipinski definition) is 2. The zero-order valence-electron chi connectivity index (χ0n) is 13.6. The molecule has 0 aliphatic heterocycles. The van der Waals surface area contributed by atoms with Crippen molar-refractivity contribution >= 4 is 0 Å². The molecule has 0 saturated heterocycles. The molecule has 0 aliphatic rings. The summed E-state index contributed by atoms with van der Waals surface area (Å²) in [6.07, 6.45) is 2.50. The summed E-state index contributed by atoms with van der Waals surface area (Å²) in [5.74, 6) is 0.724. The zero-order chi connectivity index (χ0) is 15.5. The third-order valence-corrected chi connectivity index (χ3v) is 3.89. The molecule has 0 aromatic heterocycles. The summed E-state index contributed by atoms with van der Waals surface area (Å²) in [6, 6.07) is 21.2. The van der Waals surface area contributed by atoms with Gasteiger partial charge in [-0.05, 0) is 43.0 Å². The van der Waals surface area contributed by atoms with Crippen molar-refractivity contribution in [3.8, 4) is 0 Å². The van der Waals surface area contributed by atoms with Crippen LogP contribution in [0.4, 0.5) is 0 Å². The lowest BCUT2D eigenvalue weighted by Gasteiger charge is -2.13. The van der Waals surface area contributed by atoms with Gasteiger partial charge in [-0.1, -0.05) is 67.6 Å². The fraction of sp³-hybridized carbons (Fsp3) is 0.400. The molecule has 2 rings (SSSR count). The topological polar surface area (TPSA) is 24.1 Å². The van der Waals surface area contributed by atoms with E-state index in [0.717, 1.165) is 32.1 Å². The fourth-order valence-electron chi connectivity index (χ4n) is 2.56. The molecule has 22 heavy (non-hydrogen) atoms. The van der Waals surface area contributed by atoms with E-state index in [2.05, 4.69) is 78.2 Å². The van der Waals surface area contributed by atoms with Crippen molar-refractivity contribution in [3.63, 3.8) is 0 Å². The molecule has 0 amide bonds. The van der Waals surface area contributed by atoms with Gasteiger partial charge in [0.05, 0.1) is 0 Å². The Morgan fingerprint density at radius 2 is 1.32 bits per heavy atom. The molecular formula is C20H28N2. The van der Waals surface area contributed by atoms with Gasteiger partial charge in [-0.25, -0.2) is 0 Å². The van der Waals surface area contributed by atoms with Gasteiger partial charge in [-0.3, -0.25) is 0 Å². The molecule has 0 heterocycles. The van der Waals surface area contributed by atoms with Crippen LogP contribution in [0.5, 0.6) is 0 Å². The summed E-state index contributed by atoms with van der Waals surface area (Å²) in [5.41, 5.74) is 2.72. The highest BCUT2D eigenvalue weighted by Gasteiger charge is 2.01. The Kier molecular flexibility index (Phi) is 7.71. The number of hydrogen-bond donors (Lipinski definition) is 2. The van der Waals surface area contributed by atoms with E-state index >= 15 is 0 Å². The van der Waals surface area contributed by atoms with E-state index in [-0.39, 0.29) is 0 Å². The molecule has 0 bridgehead atoms. The lowest BCUT2D eigenvalue weighted by Crippen LogP contribution is -2.22. The largest absolute Gasteiger partial charge is 0.313 e. The van der Waals surface area contributed by atoms with Crippen LogP contribution < -0.4 is 10.6 Å². The molecule has 2 aromatic rings. The summed E-state index contributed by atoms with van der Waals surface area (Å²) < 4.78 is 0. The Labute approximate surface area is 135 Å². The molecule has 2 nitrogen and oxygen atoms in total. The van der Waals surface area contributed by atoms with Crippen LogP contribution in [0.1, 0.15) is 30.9 Å². The summed E-state index contributed by atoms with van der Waals surface area (Å²) in [4.78, 5) is 0. The first-order chi connectivity index (χ1) is 10.8. The second-order valence-corrected chi connectivity index (χ2v) is 6.03. The lowest BCUT2D eigenvalue weighted by atomic mass is 10.1. The second kappa shape index (κ2) is 10.1. The number of nitrogens with one attached hydrogen (secondary N) is 2. The van der Waals surface area contributed by atoms with Crippen LogP contribution in [0.2, 0.25) is 0 Å². The number of rotatable bonds is 10. The molecule has 0 saturated carbocycles. The van der Waals surface area contributed by atoms with Crippen LogP contribution in [0.25, 0.3) is 0 Å². The minimum absolute atomic E-state index is 0.724. The third-order valence-electron chi connectivity index (χ3n) is 3.89. The molecule has 1 atom stereocenters. The van der Waals surface area contributed by atoms with Gasteiger partial charge < -0.3 is 10.6 Å². The first kappa shape index (κ1) is 16.7. The van der Waals surface area contributed by atoms with Crippen LogP contribution >= 0.6 is 0 Å². The maximum absolute atomic E-state index is 3.55. The maximum atomic E-state index is 3.55. The average molecular weight is 296 g/mol. The van der Waals surface area contributed by atoms with Crippen LogP contribution in [-0.2, 0) is 13.1 Å². The van der Waals surface area contributed by atoms with Gasteiger partial charge >= 0.3 is 0 Å². The molecular weight excluding hydrogens is 268 g/mol. The van der Waals surface area contributed by atoms with Crippen molar-refractivity contribution in [1.29, 1.82) is 0 Å². The van der Waals surface area contributed by atoms with Crippen LogP contribution in [0.15, 0.2) is 60.7 Å². The van der Waals surface area contributed by atoms with E-state index in [1.807, 2.05) is 0 Å². The smallest absolute Gasteiger partial charge is 0.0205 e.